The second kappa shape index (κ2) is 10.6. The number of amides is 3. The fraction of sp³-hybridized carbons (Fsp3) is 0.379. The molecule has 38 heavy (non-hydrogen) atoms. The van der Waals surface area contributed by atoms with Crippen molar-refractivity contribution in [2.45, 2.75) is 70.2 Å². The standard InChI is InChI=1S/C29H32N4O4S/c1-29(2,3)37-28(36)33-23(19-7-5-4-6-8-19)15-16-24(33)26(35)32(27-30-17-18-38-27)22-13-9-20(10-14-22)25(34)31-21-11-12-21/h4-10,13-14,17-18,21,23-24H,11-12,15-16H2,1-3H3,(H,31,34). The van der Waals surface area contributed by atoms with Crippen LogP contribution in [0.2, 0.25) is 0 Å². The number of nitrogens with zero attached hydrogens (tertiary/aromatic N) is 3. The van der Waals surface area contributed by atoms with Crippen molar-refractivity contribution in [1.82, 2.24) is 15.2 Å². The maximum absolute atomic E-state index is 14.2. The number of thiazole rings is 1. The van der Waals surface area contributed by atoms with Crippen molar-refractivity contribution in [3.8, 4) is 0 Å². The number of benzene rings is 2. The molecule has 2 atom stereocenters. The third-order valence-electron chi connectivity index (χ3n) is 6.59. The van der Waals surface area contributed by atoms with Gasteiger partial charge in [-0.2, -0.15) is 0 Å². The van der Waals surface area contributed by atoms with Crippen LogP contribution in [0.4, 0.5) is 15.6 Å². The van der Waals surface area contributed by atoms with E-state index in [2.05, 4.69) is 10.3 Å². The van der Waals surface area contributed by atoms with Crippen LogP contribution in [0, 0.1) is 0 Å². The summed E-state index contributed by atoms with van der Waals surface area (Å²) in [5, 5.41) is 5.29. The lowest BCUT2D eigenvalue weighted by Crippen LogP contribution is -2.48. The van der Waals surface area contributed by atoms with Crippen LogP contribution in [0.1, 0.15) is 68.4 Å². The van der Waals surface area contributed by atoms with Gasteiger partial charge in [0.1, 0.15) is 11.6 Å². The van der Waals surface area contributed by atoms with Gasteiger partial charge in [-0.3, -0.25) is 19.4 Å². The average Bonchev–Trinajstić information content (AvgIpc) is 3.35. The van der Waals surface area contributed by atoms with Gasteiger partial charge in [0.15, 0.2) is 5.13 Å². The van der Waals surface area contributed by atoms with Crippen molar-refractivity contribution >= 4 is 40.1 Å². The summed E-state index contributed by atoms with van der Waals surface area (Å²) in [6.07, 6.45) is 4.26. The van der Waals surface area contributed by atoms with Crippen molar-refractivity contribution < 1.29 is 19.1 Å². The molecule has 1 saturated heterocycles. The monoisotopic (exact) mass is 532 g/mol. The summed E-state index contributed by atoms with van der Waals surface area (Å²) < 4.78 is 5.77. The van der Waals surface area contributed by atoms with Gasteiger partial charge in [0, 0.05) is 23.2 Å². The van der Waals surface area contributed by atoms with E-state index in [1.165, 1.54) is 11.3 Å². The molecule has 1 aliphatic heterocycles. The van der Waals surface area contributed by atoms with Gasteiger partial charge in [0.05, 0.1) is 11.7 Å². The Kier molecular flexibility index (Phi) is 7.21. The first-order chi connectivity index (χ1) is 18.2. The summed E-state index contributed by atoms with van der Waals surface area (Å²) >= 11 is 1.34. The Balaban J connectivity index is 1.46. The fourth-order valence-electron chi connectivity index (χ4n) is 4.69. The molecule has 5 rings (SSSR count). The quantitative estimate of drug-likeness (QED) is 0.431. The molecule has 2 aliphatic rings. The summed E-state index contributed by atoms with van der Waals surface area (Å²) in [4.78, 5) is 47.8. The molecule has 198 valence electrons. The van der Waals surface area contributed by atoms with Crippen LogP contribution in [0.5, 0.6) is 0 Å². The Labute approximate surface area is 226 Å². The highest BCUT2D eigenvalue weighted by Crippen LogP contribution is 2.40. The van der Waals surface area contributed by atoms with E-state index < -0.39 is 17.7 Å². The van der Waals surface area contributed by atoms with Gasteiger partial charge in [-0.05, 0) is 76.3 Å². The van der Waals surface area contributed by atoms with E-state index >= 15 is 0 Å². The minimum absolute atomic E-state index is 0.122. The number of hydrogen-bond donors (Lipinski definition) is 1. The first-order valence-electron chi connectivity index (χ1n) is 12.9. The third-order valence-corrected chi connectivity index (χ3v) is 7.35. The highest BCUT2D eigenvalue weighted by molar-refractivity contribution is 7.13. The predicted octanol–water partition coefficient (Wildman–Crippen LogP) is 5.84. The summed E-state index contributed by atoms with van der Waals surface area (Å²) in [6.45, 7) is 5.45. The third kappa shape index (κ3) is 5.72. The van der Waals surface area contributed by atoms with Crippen LogP contribution in [-0.2, 0) is 9.53 Å². The number of nitrogens with one attached hydrogen (secondary N) is 1. The van der Waals surface area contributed by atoms with Gasteiger partial charge in [-0.15, -0.1) is 11.3 Å². The van der Waals surface area contributed by atoms with E-state index in [4.69, 9.17) is 4.74 Å². The lowest BCUT2D eigenvalue weighted by molar-refractivity contribution is -0.122. The van der Waals surface area contributed by atoms with Crippen LogP contribution in [0.3, 0.4) is 0 Å². The van der Waals surface area contributed by atoms with Crippen molar-refractivity contribution in [1.29, 1.82) is 0 Å². The summed E-state index contributed by atoms with van der Waals surface area (Å²) in [5.74, 6) is -0.386. The fourth-order valence-corrected chi connectivity index (χ4v) is 5.36. The second-order valence-electron chi connectivity index (χ2n) is 10.7. The lowest BCUT2D eigenvalue weighted by atomic mass is 10.1. The molecule has 1 aliphatic carbocycles. The van der Waals surface area contributed by atoms with Gasteiger partial charge >= 0.3 is 6.09 Å². The molecule has 9 heteroatoms. The zero-order valence-electron chi connectivity index (χ0n) is 21.8. The average molecular weight is 533 g/mol. The molecule has 1 aromatic heterocycles. The summed E-state index contributed by atoms with van der Waals surface area (Å²) in [7, 11) is 0. The maximum Gasteiger partial charge on any atom is 0.411 e. The van der Waals surface area contributed by atoms with Gasteiger partial charge in [-0.1, -0.05) is 30.3 Å². The Bertz CT molecular complexity index is 1280. The van der Waals surface area contributed by atoms with Crippen LogP contribution < -0.4 is 10.2 Å². The number of ether oxygens (including phenoxy) is 1. The van der Waals surface area contributed by atoms with Crippen molar-refractivity contribution in [3.05, 3.63) is 77.3 Å². The molecule has 0 bridgehead atoms. The van der Waals surface area contributed by atoms with Gasteiger partial charge in [0.25, 0.3) is 11.8 Å². The summed E-state index contributed by atoms with van der Waals surface area (Å²) in [6, 6.07) is 15.9. The van der Waals surface area contributed by atoms with Gasteiger partial charge < -0.3 is 10.1 Å². The number of likely N-dealkylation sites (tertiary alicyclic amines) is 1. The number of hydrogen-bond acceptors (Lipinski definition) is 6. The van der Waals surface area contributed by atoms with E-state index in [1.54, 1.807) is 45.6 Å². The first kappa shape index (κ1) is 25.9. The molecular formula is C29H32N4O4S. The number of aromatic nitrogens is 1. The molecule has 1 saturated carbocycles. The highest BCUT2D eigenvalue weighted by Gasteiger charge is 2.45. The normalized spacial score (nSPS) is 19.2. The molecule has 2 fully saturated rings. The molecule has 2 aromatic carbocycles. The molecule has 2 unspecified atom stereocenters. The minimum Gasteiger partial charge on any atom is -0.444 e. The lowest BCUT2D eigenvalue weighted by Gasteiger charge is -2.34. The second-order valence-corrected chi connectivity index (χ2v) is 11.6. The van der Waals surface area contributed by atoms with Crippen LogP contribution in [-0.4, -0.2) is 45.5 Å². The topological polar surface area (TPSA) is 91.8 Å². The Morgan fingerprint density at radius 2 is 1.71 bits per heavy atom. The number of rotatable bonds is 6. The Morgan fingerprint density at radius 1 is 1.00 bits per heavy atom. The van der Waals surface area contributed by atoms with E-state index in [9.17, 15) is 14.4 Å². The molecule has 3 amide bonds. The SMILES string of the molecule is CC(C)(C)OC(=O)N1C(C(=O)N(c2ccc(C(=O)NC3CC3)cc2)c2nccs2)CCC1c1ccccc1. The number of carbonyl (C=O) groups is 3. The highest BCUT2D eigenvalue weighted by atomic mass is 32.1. The largest absolute Gasteiger partial charge is 0.444 e. The molecular weight excluding hydrogens is 500 g/mol. The molecule has 8 nitrogen and oxygen atoms in total. The number of anilines is 2. The molecule has 0 radical (unpaired) electrons. The van der Waals surface area contributed by atoms with Crippen LogP contribution in [0.15, 0.2) is 66.2 Å². The number of carbonyl (C=O) groups excluding carboxylic acids is 3. The smallest absolute Gasteiger partial charge is 0.411 e. The predicted molar refractivity (Wildman–Crippen MR) is 146 cm³/mol. The van der Waals surface area contributed by atoms with E-state index in [0.29, 0.717) is 29.2 Å². The molecule has 2 heterocycles. The first-order valence-corrected chi connectivity index (χ1v) is 13.8. The van der Waals surface area contributed by atoms with E-state index in [0.717, 1.165) is 18.4 Å². The minimum atomic E-state index is -0.739. The Morgan fingerprint density at radius 3 is 2.32 bits per heavy atom. The van der Waals surface area contributed by atoms with Gasteiger partial charge in [0.2, 0.25) is 0 Å². The van der Waals surface area contributed by atoms with Gasteiger partial charge in [-0.25, -0.2) is 9.78 Å². The van der Waals surface area contributed by atoms with E-state index in [-0.39, 0.29) is 23.9 Å². The van der Waals surface area contributed by atoms with Crippen molar-refractivity contribution in [3.63, 3.8) is 0 Å². The zero-order chi connectivity index (χ0) is 26.9. The van der Waals surface area contributed by atoms with Crippen LogP contribution in [0.25, 0.3) is 0 Å². The molecule has 0 spiro atoms. The zero-order valence-corrected chi connectivity index (χ0v) is 22.6. The molecule has 3 aromatic rings. The maximum atomic E-state index is 14.2. The molecule has 1 N–H and O–H groups in total. The van der Waals surface area contributed by atoms with Crippen LogP contribution >= 0.6 is 11.3 Å². The summed E-state index contributed by atoms with van der Waals surface area (Å²) in [5.41, 5.74) is 1.37. The van der Waals surface area contributed by atoms with E-state index in [1.807, 2.05) is 51.1 Å². The van der Waals surface area contributed by atoms with Crippen molar-refractivity contribution in [2.75, 3.05) is 4.90 Å². The Hall–Kier alpha value is -3.72. The van der Waals surface area contributed by atoms with Crippen molar-refractivity contribution in [2.24, 2.45) is 0 Å².